The summed E-state index contributed by atoms with van der Waals surface area (Å²) < 4.78 is 63.8. The van der Waals surface area contributed by atoms with Crippen LogP contribution in [0.2, 0.25) is 0 Å². The van der Waals surface area contributed by atoms with Crippen LogP contribution in [0.5, 0.6) is 0 Å². The third kappa shape index (κ3) is 4.99. The summed E-state index contributed by atoms with van der Waals surface area (Å²) in [6.07, 6.45) is 0.349. The van der Waals surface area contributed by atoms with Gasteiger partial charge >= 0.3 is 6.18 Å². The molecule has 0 bridgehead atoms. The molecule has 0 aliphatic heterocycles. The van der Waals surface area contributed by atoms with Gasteiger partial charge in [0.25, 0.3) is 0 Å². The summed E-state index contributed by atoms with van der Waals surface area (Å²) >= 11 is 0. The van der Waals surface area contributed by atoms with Gasteiger partial charge in [0.2, 0.25) is 5.89 Å². The van der Waals surface area contributed by atoms with E-state index in [2.05, 4.69) is 27.4 Å². The first kappa shape index (κ1) is 26.2. The topological polar surface area (TPSA) is 68.8 Å². The Morgan fingerprint density at radius 2 is 1.82 bits per heavy atom. The molecule has 1 fully saturated rings. The quantitative estimate of drug-likeness (QED) is 0.214. The van der Waals surface area contributed by atoms with E-state index in [9.17, 15) is 17.6 Å². The van der Waals surface area contributed by atoms with Crippen molar-refractivity contribution in [2.45, 2.75) is 38.9 Å². The Hall–Kier alpha value is -4.05. The monoisotopic (exact) mass is 549 g/mol. The normalized spacial score (nSPS) is 14.9. The molecule has 6 nitrogen and oxygen atoms in total. The number of nitrogens with one attached hydrogen (secondary N) is 1. The first-order chi connectivity index (χ1) is 19.1. The number of aryl methyl sites for hydroxylation is 1. The predicted molar refractivity (Wildman–Crippen MR) is 144 cm³/mol. The number of halogens is 4. The maximum atomic E-state index is 14.2. The number of rotatable bonds is 7. The third-order valence-corrected chi connectivity index (χ3v) is 7.65. The summed E-state index contributed by atoms with van der Waals surface area (Å²) in [6.45, 7) is 3.25. The number of alkyl halides is 3. The van der Waals surface area contributed by atoms with Crippen LogP contribution in [0.4, 0.5) is 17.6 Å². The fourth-order valence-electron chi connectivity index (χ4n) is 5.29. The molecule has 0 amide bonds. The van der Waals surface area contributed by atoms with Gasteiger partial charge in [0.1, 0.15) is 23.2 Å². The van der Waals surface area contributed by atoms with E-state index in [1.807, 2.05) is 6.07 Å². The zero-order chi connectivity index (χ0) is 28.1. The highest BCUT2D eigenvalue weighted by molar-refractivity contribution is 5.84. The van der Waals surface area contributed by atoms with Gasteiger partial charge in [0, 0.05) is 31.3 Å². The van der Waals surface area contributed by atoms with E-state index in [4.69, 9.17) is 4.42 Å². The van der Waals surface area contributed by atoms with Crippen molar-refractivity contribution >= 4 is 11.1 Å². The van der Waals surface area contributed by atoms with E-state index in [0.717, 1.165) is 25.5 Å². The molecule has 1 N–H and O–H groups in total. The molecule has 0 atom stereocenters. The van der Waals surface area contributed by atoms with Gasteiger partial charge in [-0.15, -0.1) is 10.2 Å². The lowest BCUT2D eigenvalue weighted by Crippen LogP contribution is -2.37. The van der Waals surface area contributed by atoms with Crippen LogP contribution in [0.3, 0.4) is 0 Å². The number of hydrogen-bond donors (Lipinski definition) is 1. The highest BCUT2D eigenvalue weighted by Gasteiger charge is 2.36. The molecule has 0 radical (unpaired) electrons. The Bertz CT molecular complexity index is 1700. The summed E-state index contributed by atoms with van der Waals surface area (Å²) in [5.41, 5.74) is 2.09. The van der Waals surface area contributed by atoms with E-state index in [1.165, 1.54) is 24.9 Å². The second kappa shape index (κ2) is 9.85. The second-order valence-electron chi connectivity index (χ2n) is 10.8. The molecule has 0 unspecified atom stereocenters. The van der Waals surface area contributed by atoms with Crippen LogP contribution >= 0.6 is 0 Å². The van der Waals surface area contributed by atoms with Gasteiger partial charge in [-0.25, -0.2) is 9.37 Å². The smallest absolute Gasteiger partial charge is 0.420 e. The van der Waals surface area contributed by atoms with E-state index >= 15 is 0 Å². The summed E-state index contributed by atoms with van der Waals surface area (Å²) in [4.78, 5) is 4.46. The van der Waals surface area contributed by atoms with Crippen molar-refractivity contribution in [1.29, 1.82) is 0 Å². The average molecular weight is 550 g/mol. The fraction of sp³-hybridized carbons (Fsp3) is 0.300. The number of fused-ring (bicyclic) bond motifs is 1. The van der Waals surface area contributed by atoms with Crippen molar-refractivity contribution in [3.8, 4) is 34.0 Å². The molecule has 10 heteroatoms. The van der Waals surface area contributed by atoms with Crippen molar-refractivity contribution in [3.63, 3.8) is 0 Å². The molecule has 2 aromatic heterocycles. The summed E-state index contributed by atoms with van der Waals surface area (Å²) in [5.74, 6) is 0.115. The van der Waals surface area contributed by atoms with E-state index in [0.29, 0.717) is 40.2 Å². The molecular weight excluding hydrogens is 522 g/mol. The fourth-order valence-corrected chi connectivity index (χ4v) is 5.29. The van der Waals surface area contributed by atoms with E-state index < -0.39 is 17.6 Å². The number of nitrogens with zero attached hydrogens (tertiary/aromatic N) is 4. The molecule has 3 aromatic carbocycles. The van der Waals surface area contributed by atoms with E-state index in [-0.39, 0.29) is 22.4 Å². The number of oxazole rings is 1. The van der Waals surface area contributed by atoms with Crippen molar-refractivity contribution in [3.05, 3.63) is 77.9 Å². The van der Waals surface area contributed by atoms with E-state index in [1.54, 1.807) is 41.9 Å². The minimum atomic E-state index is -4.61. The highest BCUT2D eigenvalue weighted by Crippen LogP contribution is 2.41. The van der Waals surface area contributed by atoms with Crippen molar-refractivity contribution in [2.24, 2.45) is 12.5 Å². The largest absolute Gasteiger partial charge is 0.435 e. The molecule has 2 heterocycles. The molecule has 5 aromatic rings. The SMILES string of the molecule is Cn1cnnc1-c1cc(F)ccc1-c1cccc(-c2nc3cc(CNCC4(C)CCC4)cc(C(F)(F)F)c3o2)c1. The lowest BCUT2D eigenvalue weighted by Gasteiger charge is -2.38. The van der Waals surface area contributed by atoms with Crippen molar-refractivity contribution in [2.75, 3.05) is 6.54 Å². The lowest BCUT2D eigenvalue weighted by atomic mass is 9.70. The van der Waals surface area contributed by atoms with Crippen LogP contribution in [0.25, 0.3) is 45.1 Å². The standard InChI is InChI=1S/C30H27F4N5O/c1-29(9-4-10-29)16-35-15-18-11-24(30(32,33)34)26-25(12-18)37-28(40-26)20-6-3-5-19(13-20)22-8-7-21(31)14-23(22)27-38-36-17-39(27)2/h3,5-8,11-14,17,35H,4,9-10,15-16H2,1-2H3. The van der Waals surface area contributed by atoms with Crippen molar-refractivity contribution in [1.82, 2.24) is 25.1 Å². The minimum absolute atomic E-state index is 0.0664. The molecular formula is C30H27F4N5O. The molecule has 0 saturated heterocycles. The van der Waals surface area contributed by atoms with Crippen LogP contribution in [0.15, 0.2) is 65.3 Å². The summed E-state index contributed by atoms with van der Waals surface area (Å²) in [5, 5.41) is 11.3. The maximum absolute atomic E-state index is 14.2. The lowest BCUT2D eigenvalue weighted by molar-refractivity contribution is -0.136. The second-order valence-corrected chi connectivity index (χ2v) is 10.8. The minimum Gasteiger partial charge on any atom is -0.435 e. The first-order valence-corrected chi connectivity index (χ1v) is 13.1. The number of benzene rings is 3. The molecule has 6 rings (SSSR count). The van der Waals surface area contributed by atoms with Gasteiger partial charge < -0.3 is 14.3 Å². The Labute approximate surface area is 228 Å². The summed E-state index contributed by atoms with van der Waals surface area (Å²) in [6, 6.07) is 14.2. The molecule has 1 aliphatic rings. The summed E-state index contributed by atoms with van der Waals surface area (Å²) in [7, 11) is 1.76. The zero-order valence-corrected chi connectivity index (χ0v) is 22.0. The van der Waals surface area contributed by atoms with Gasteiger partial charge in [0.05, 0.1) is 0 Å². The van der Waals surface area contributed by atoms with Gasteiger partial charge in [-0.2, -0.15) is 13.2 Å². The Morgan fingerprint density at radius 1 is 1.02 bits per heavy atom. The Balaban J connectivity index is 1.37. The number of aromatic nitrogens is 4. The van der Waals surface area contributed by atoms with Crippen molar-refractivity contribution < 1.29 is 22.0 Å². The zero-order valence-electron chi connectivity index (χ0n) is 22.0. The van der Waals surface area contributed by atoms with Gasteiger partial charge in [-0.3, -0.25) is 0 Å². The van der Waals surface area contributed by atoms with Gasteiger partial charge in [-0.1, -0.05) is 31.5 Å². The van der Waals surface area contributed by atoms with Crippen LogP contribution in [-0.4, -0.2) is 26.3 Å². The van der Waals surface area contributed by atoms with Crippen LogP contribution in [0, 0.1) is 11.2 Å². The van der Waals surface area contributed by atoms with Gasteiger partial charge in [-0.05, 0) is 71.3 Å². The molecule has 40 heavy (non-hydrogen) atoms. The predicted octanol–water partition coefficient (Wildman–Crippen LogP) is 7.40. The molecule has 206 valence electrons. The van der Waals surface area contributed by atoms with Crippen LogP contribution in [0.1, 0.15) is 37.3 Å². The van der Waals surface area contributed by atoms with Crippen LogP contribution in [-0.2, 0) is 19.8 Å². The molecule has 0 spiro atoms. The maximum Gasteiger partial charge on any atom is 0.420 e. The molecule has 1 aliphatic carbocycles. The third-order valence-electron chi connectivity index (χ3n) is 7.65. The first-order valence-electron chi connectivity index (χ1n) is 13.1. The molecule has 1 saturated carbocycles. The highest BCUT2D eigenvalue weighted by atomic mass is 19.4. The Morgan fingerprint density at radius 3 is 2.52 bits per heavy atom. The number of hydrogen-bond acceptors (Lipinski definition) is 5. The Kier molecular flexibility index (Phi) is 6.45. The van der Waals surface area contributed by atoms with Gasteiger partial charge in [0.15, 0.2) is 11.4 Å². The average Bonchev–Trinajstić information content (AvgIpc) is 3.53. The van der Waals surface area contributed by atoms with Crippen LogP contribution < -0.4 is 5.32 Å².